The molecule has 0 spiro atoms. The molecule has 236 valence electrons. The summed E-state index contributed by atoms with van der Waals surface area (Å²) in [6.07, 6.45) is 0. The first-order valence-corrected chi connectivity index (χ1v) is 17.2. The van der Waals surface area contributed by atoms with Crippen molar-refractivity contribution in [1.29, 1.82) is 0 Å². The molecule has 8 aromatic carbocycles. The quantitative estimate of drug-likeness (QED) is 0.190. The Hall–Kier alpha value is -6.91. The number of aromatic nitrogens is 3. The van der Waals surface area contributed by atoms with Crippen LogP contribution in [0.3, 0.4) is 0 Å². The SMILES string of the molecule is c1ccc(-c2nc(-c3ccc4ccccc4c3)nc(-c3ccc(-c4cc5c6c(cccc6c4)-c4ccccc4-5)c4oc5ccccc5c34)n2)cc1. The second kappa shape index (κ2) is 10.8. The van der Waals surface area contributed by atoms with Crippen LogP contribution in [-0.2, 0) is 0 Å². The first-order valence-electron chi connectivity index (χ1n) is 17.2. The average Bonchev–Trinajstić information content (AvgIpc) is 3.75. The van der Waals surface area contributed by atoms with Crippen LogP contribution in [-0.4, -0.2) is 15.0 Å². The van der Waals surface area contributed by atoms with Crippen LogP contribution in [0.1, 0.15) is 0 Å². The van der Waals surface area contributed by atoms with E-state index in [2.05, 4.69) is 121 Å². The second-order valence-electron chi connectivity index (χ2n) is 13.2. The standard InChI is InChI=1S/C47H27N3O/c1-2-12-29(13-3-1)45-48-46(32-22-21-28-11-4-5-14-30(28)25-32)50-47(49-45)39-24-23-34(44-43(39)38-18-8-9-20-41(38)51-44)33-26-31-15-10-19-37-35-16-6-7-17-36(35)40(27-33)42(31)37/h1-27H. The summed E-state index contributed by atoms with van der Waals surface area (Å²) < 4.78 is 6.77. The number of benzene rings is 8. The van der Waals surface area contributed by atoms with Crippen molar-refractivity contribution in [1.82, 2.24) is 15.0 Å². The molecule has 11 rings (SSSR count). The highest BCUT2D eigenvalue weighted by Gasteiger charge is 2.24. The molecule has 2 aromatic heterocycles. The molecule has 4 heteroatoms. The molecule has 0 N–H and O–H groups in total. The molecule has 1 aliphatic carbocycles. The van der Waals surface area contributed by atoms with E-state index in [9.17, 15) is 0 Å². The van der Waals surface area contributed by atoms with E-state index in [1.165, 1.54) is 38.4 Å². The van der Waals surface area contributed by atoms with Gasteiger partial charge in [-0.05, 0) is 85.8 Å². The molecule has 10 aromatic rings. The minimum atomic E-state index is 0.603. The van der Waals surface area contributed by atoms with Gasteiger partial charge in [-0.15, -0.1) is 0 Å². The van der Waals surface area contributed by atoms with Crippen LogP contribution < -0.4 is 0 Å². The first kappa shape index (κ1) is 28.0. The molecule has 0 saturated carbocycles. The van der Waals surface area contributed by atoms with Crippen molar-refractivity contribution >= 4 is 43.5 Å². The van der Waals surface area contributed by atoms with E-state index in [1.807, 2.05) is 42.5 Å². The Morgan fingerprint density at radius 1 is 0.333 bits per heavy atom. The number of para-hydroxylation sites is 1. The zero-order chi connectivity index (χ0) is 33.5. The zero-order valence-corrected chi connectivity index (χ0v) is 27.3. The fourth-order valence-corrected chi connectivity index (χ4v) is 7.89. The van der Waals surface area contributed by atoms with Crippen LogP contribution in [0.15, 0.2) is 168 Å². The van der Waals surface area contributed by atoms with Gasteiger partial charge >= 0.3 is 0 Å². The van der Waals surface area contributed by atoms with Crippen LogP contribution in [0.5, 0.6) is 0 Å². The largest absolute Gasteiger partial charge is 0.455 e. The molecule has 4 nitrogen and oxygen atoms in total. The van der Waals surface area contributed by atoms with Crippen molar-refractivity contribution in [2.24, 2.45) is 0 Å². The van der Waals surface area contributed by atoms with Crippen molar-refractivity contribution in [2.75, 3.05) is 0 Å². The number of hydrogen-bond donors (Lipinski definition) is 0. The van der Waals surface area contributed by atoms with E-state index in [-0.39, 0.29) is 0 Å². The topological polar surface area (TPSA) is 51.8 Å². The van der Waals surface area contributed by atoms with Crippen molar-refractivity contribution in [3.05, 3.63) is 164 Å². The summed E-state index contributed by atoms with van der Waals surface area (Å²) in [6, 6.07) is 57.4. The molecule has 0 radical (unpaired) electrons. The Balaban J connectivity index is 1.17. The smallest absolute Gasteiger partial charge is 0.164 e. The molecule has 0 atom stereocenters. The lowest BCUT2D eigenvalue weighted by Gasteiger charge is -2.12. The van der Waals surface area contributed by atoms with Crippen molar-refractivity contribution in [3.8, 4) is 67.5 Å². The first-order chi connectivity index (χ1) is 25.3. The van der Waals surface area contributed by atoms with Crippen LogP contribution >= 0.6 is 0 Å². The Labute approximate surface area is 293 Å². The Morgan fingerprint density at radius 2 is 0.980 bits per heavy atom. The van der Waals surface area contributed by atoms with E-state index in [0.717, 1.165) is 55.1 Å². The Morgan fingerprint density at radius 3 is 1.86 bits per heavy atom. The van der Waals surface area contributed by atoms with Gasteiger partial charge < -0.3 is 4.42 Å². The highest BCUT2D eigenvalue weighted by molar-refractivity contribution is 6.19. The van der Waals surface area contributed by atoms with E-state index in [1.54, 1.807) is 0 Å². The van der Waals surface area contributed by atoms with Gasteiger partial charge in [0, 0.05) is 33.0 Å². The summed E-state index contributed by atoms with van der Waals surface area (Å²) in [5, 5.41) is 6.85. The van der Waals surface area contributed by atoms with E-state index in [4.69, 9.17) is 19.4 Å². The third-order valence-electron chi connectivity index (χ3n) is 10.2. The third-order valence-corrected chi connectivity index (χ3v) is 10.2. The number of hydrogen-bond acceptors (Lipinski definition) is 4. The monoisotopic (exact) mass is 649 g/mol. The molecule has 0 aliphatic heterocycles. The second-order valence-corrected chi connectivity index (χ2v) is 13.2. The predicted octanol–water partition coefficient (Wildman–Crippen LogP) is 12.4. The van der Waals surface area contributed by atoms with Gasteiger partial charge in [0.25, 0.3) is 0 Å². The molecular formula is C47H27N3O. The van der Waals surface area contributed by atoms with Crippen molar-refractivity contribution < 1.29 is 4.42 Å². The van der Waals surface area contributed by atoms with Crippen LogP contribution in [0.4, 0.5) is 0 Å². The highest BCUT2D eigenvalue weighted by Crippen LogP contribution is 2.50. The lowest BCUT2D eigenvalue weighted by molar-refractivity contribution is 0.670. The number of furan rings is 1. The maximum absolute atomic E-state index is 6.77. The molecule has 51 heavy (non-hydrogen) atoms. The predicted molar refractivity (Wildman–Crippen MR) is 208 cm³/mol. The normalized spacial score (nSPS) is 11.9. The lowest BCUT2D eigenvalue weighted by Crippen LogP contribution is -2.00. The molecule has 0 unspecified atom stereocenters. The van der Waals surface area contributed by atoms with E-state index < -0.39 is 0 Å². The minimum Gasteiger partial charge on any atom is -0.455 e. The van der Waals surface area contributed by atoms with Gasteiger partial charge in [-0.3, -0.25) is 0 Å². The average molecular weight is 650 g/mol. The van der Waals surface area contributed by atoms with Crippen LogP contribution in [0, 0.1) is 0 Å². The van der Waals surface area contributed by atoms with Crippen LogP contribution in [0.2, 0.25) is 0 Å². The number of rotatable bonds is 4. The van der Waals surface area contributed by atoms with Crippen molar-refractivity contribution in [2.45, 2.75) is 0 Å². The summed E-state index contributed by atoms with van der Waals surface area (Å²) in [6.45, 7) is 0. The fourth-order valence-electron chi connectivity index (χ4n) is 7.89. The van der Waals surface area contributed by atoms with E-state index >= 15 is 0 Å². The van der Waals surface area contributed by atoms with E-state index in [0.29, 0.717) is 17.5 Å². The Bertz CT molecular complexity index is 3030. The maximum Gasteiger partial charge on any atom is 0.164 e. The molecule has 0 saturated heterocycles. The Kier molecular flexibility index (Phi) is 5.92. The van der Waals surface area contributed by atoms with Gasteiger partial charge in [0.05, 0.1) is 0 Å². The van der Waals surface area contributed by atoms with Gasteiger partial charge in [0.15, 0.2) is 17.5 Å². The van der Waals surface area contributed by atoms with Gasteiger partial charge in [-0.25, -0.2) is 15.0 Å². The fraction of sp³-hybridized carbons (Fsp3) is 0. The van der Waals surface area contributed by atoms with Gasteiger partial charge in [0.1, 0.15) is 11.2 Å². The lowest BCUT2D eigenvalue weighted by atomic mass is 9.93. The molecule has 2 heterocycles. The van der Waals surface area contributed by atoms with Crippen LogP contribution in [0.25, 0.3) is 111 Å². The number of nitrogens with zero attached hydrogens (tertiary/aromatic N) is 3. The summed E-state index contributed by atoms with van der Waals surface area (Å²) in [4.78, 5) is 15.3. The molecule has 1 aliphatic rings. The zero-order valence-electron chi connectivity index (χ0n) is 27.3. The number of fused-ring (bicyclic) bond motifs is 7. The summed E-state index contributed by atoms with van der Waals surface area (Å²) in [7, 11) is 0. The third kappa shape index (κ3) is 4.30. The van der Waals surface area contributed by atoms with Gasteiger partial charge in [-0.1, -0.05) is 127 Å². The summed E-state index contributed by atoms with van der Waals surface area (Å²) in [5.41, 5.74) is 11.7. The van der Waals surface area contributed by atoms with Gasteiger partial charge in [-0.2, -0.15) is 0 Å². The molecule has 0 bridgehead atoms. The highest BCUT2D eigenvalue weighted by atomic mass is 16.3. The summed E-state index contributed by atoms with van der Waals surface area (Å²) >= 11 is 0. The maximum atomic E-state index is 6.77. The van der Waals surface area contributed by atoms with Gasteiger partial charge in [0.2, 0.25) is 0 Å². The molecular weight excluding hydrogens is 623 g/mol. The molecule has 0 fully saturated rings. The minimum absolute atomic E-state index is 0.603. The van der Waals surface area contributed by atoms with Crippen molar-refractivity contribution in [3.63, 3.8) is 0 Å². The molecule has 0 amide bonds. The summed E-state index contributed by atoms with van der Waals surface area (Å²) in [5.74, 6) is 1.85.